The smallest absolute Gasteiger partial charge is 0.171 e. The monoisotopic (exact) mass is 328 g/mol. The summed E-state index contributed by atoms with van der Waals surface area (Å²) in [7, 11) is 0. The molecule has 0 bridgehead atoms. The van der Waals surface area contributed by atoms with Crippen LogP contribution >= 0.6 is 0 Å². The highest BCUT2D eigenvalue weighted by atomic mass is 16.5. The van der Waals surface area contributed by atoms with Gasteiger partial charge in [-0.25, -0.2) is 4.98 Å². The molecule has 0 N–H and O–H groups in total. The maximum absolute atomic E-state index is 6.31. The van der Waals surface area contributed by atoms with Crippen molar-refractivity contribution in [3.63, 3.8) is 0 Å². The van der Waals surface area contributed by atoms with Crippen molar-refractivity contribution in [3.05, 3.63) is 35.9 Å². The number of aromatic nitrogens is 2. The standard InChI is InChI=1S/C18H24N4O2/c1-14-15(13-23-20-14)11-21-10-6-16(12-21)24-17-5-4-7-19-18(17)22-8-2-3-9-22/h4-5,7,13,16H,2-3,6,8-12H2,1H3/t16-/m0/s1. The second-order valence-corrected chi connectivity index (χ2v) is 6.71. The highest BCUT2D eigenvalue weighted by Gasteiger charge is 2.27. The van der Waals surface area contributed by atoms with Crippen molar-refractivity contribution in [2.75, 3.05) is 31.1 Å². The Hall–Kier alpha value is -2.08. The number of pyridine rings is 1. The van der Waals surface area contributed by atoms with Crippen LogP contribution in [0, 0.1) is 6.92 Å². The van der Waals surface area contributed by atoms with Gasteiger partial charge < -0.3 is 14.2 Å². The van der Waals surface area contributed by atoms with Crippen LogP contribution in [0.4, 0.5) is 5.82 Å². The van der Waals surface area contributed by atoms with Crippen LogP contribution in [0.1, 0.15) is 30.5 Å². The number of ether oxygens (including phenoxy) is 1. The Kier molecular flexibility index (Phi) is 4.38. The summed E-state index contributed by atoms with van der Waals surface area (Å²) in [5.74, 6) is 1.93. The molecule has 1 atom stereocenters. The average molecular weight is 328 g/mol. The van der Waals surface area contributed by atoms with Gasteiger partial charge in [-0.3, -0.25) is 4.90 Å². The predicted molar refractivity (Wildman–Crippen MR) is 91.2 cm³/mol. The van der Waals surface area contributed by atoms with Gasteiger partial charge in [-0.15, -0.1) is 0 Å². The largest absolute Gasteiger partial charge is 0.485 e. The third-order valence-corrected chi connectivity index (χ3v) is 4.92. The molecule has 6 heteroatoms. The summed E-state index contributed by atoms with van der Waals surface area (Å²) in [5.41, 5.74) is 2.14. The van der Waals surface area contributed by atoms with E-state index in [1.165, 1.54) is 12.8 Å². The maximum atomic E-state index is 6.31. The summed E-state index contributed by atoms with van der Waals surface area (Å²) in [6.07, 6.45) is 7.34. The van der Waals surface area contributed by atoms with Gasteiger partial charge in [0.2, 0.25) is 0 Å². The van der Waals surface area contributed by atoms with Crippen LogP contribution in [0.2, 0.25) is 0 Å². The third kappa shape index (κ3) is 3.24. The number of hydrogen-bond donors (Lipinski definition) is 0. The normalized spacial score (nSPS) is 21.5. The van der Waals surface area contributed by atoms with E-state index in [0.717, 1.165) is 62.0 Å². The van der Waals surface area contributed by atoms with E-state index < -0.39 is 0 Å². The van der Waals surface area contributed by atoms with Crippen molar-refractivity contribution in [3.8, 4) is 5.75 Å². The molecule has 0 spiro atoms. The van der Waals surface area contributed by atoms with Gasteiger partial charge in [0.1, 0.15) is 12.4 Å². The van der Waals surface area contributed by atoms with Crippen molar-refractivity contribution in [1.82, 2.24) is 15.0 Å². The fraction of sp³-hybridized carbons (Fsp3) is 0.556. The lowest BCUT2D eigenvalue weighted by molar-refractivity contribution is 0.198. The first-order valence-corrected chi connectivity index (χ1v) is 8.78. The molecule has 2 saturated heterocycles. The lowest BCUT2D eigenvalue weighted by atomic mass is 10.2. The lowest BCUT2D eigenvalue weighted by Gasteiger charge is -2.22. The number of rotatable bonds is 5. The van der Waals surface area contributed by atoms with Crippen LogP contribution in [-0.4, -0.2) is 47.3 Å². The first-order valence-electron chi connectivity index (χ1n) is 8.78. The van der Waals surface area contributed by atoms with Crippen LogP contribution in [-0.2, 0) is 6.54 Å². The van der Waals surface area contributed by atoms with Gasteiger partial charge in [0.15, 0.2) is 11.6 Å². The topological polar surface area (TPSA) is 54.6 Å². The van der Waals surface area contributed by atoms with Crippen molar-refractivity contribution in [1.29, 1.82) is 0 Å². The molecular weight excluding hydrogens is 304 g/mol. The Bertz CT molecular complexity index is 681. The number of likely N-dealkylation sites (tertiary alicyclic amines) is 1. The molecule has 0 amide bonds. The van der Waals surface area contributed by atoms with Crippen LogP contribution in [0.25, 0.3) is 0 Å². The molecule has 2 aliphatic rings. The van der Waals surface area contributed by atoms with E-state index in [-0.39, 0.29) is 6.10 Å². The predicted octanol–water partition coefficient (Wildman–Crippen LogP) is 2.63. The molecule has 2 aromatic heterocycles. The summed E-state index contributed by atoms with van der Waals surface area (Å²) in [4.78, 5) is 9.30. The zero-order valence-corrected chi connectivity index (χ0v) is 14.1. The highest BCUT2D eigenvalue weighted by molar-refractivity contribution is 5.52. The summed E-state index contributed by atoms with van der Waals surface area (Å²) < 4.78 is 11.3. The first-order chi connectivity index (χ1) is 11.8. The molecular formula is C18H24N4O2. The molecule has 2 aliphatic heterocycles. The quantitative estimate of drug-likeness (QED) is 0.841. The van der Waals surface area contributed by atoms with Gasteiger partial charge in [0, 0.05) is 44.5 Å². The van der Waals surface area contributed by atoms with Crippen molar-refractivity contribution >= 4 is 5.82 Å². The van der Waals surface area contributed by atoms with E-state index in [9.17, 15) is 0 Å². The minimum Gasteiger partial charge on any atom is -0.485 e. The zero-order valence-electron chi connectivity index (χ0n) is 14.1. The summed E-state index contributed by atoms with van der Waals surface area (Å²) in [6, 6.07) is 4.01. The van der Waals surface area contributed by atoms with Crippen molar-refractivity contribution in [2.45, 2.75) is 38.8 Å². The molecule has 128 valence electrons. The van der Waals surface area contributed by atoms with E-state index in [2.05, 4.69) is 19.9 Å². The second kappa shape index (κ2) is 6.81. The Morgan fingerprint density at radius 2 is 2.17 bits per heavy atom. The average Bonchev–Trinajstić information content (AvgIpc) is 3.32. The molecule has 0 aliphatic carbocycles. The maximum Gasteiger partial charge on any atom is 0.171 e. The van der Waals surface area contributed by atoms with Crippen molar-refractivity contribution in [2.24, 2.45) is 0 Å². The van der Waals surface area contributed by atoms with Crippen LogP contribution in [0.3, 0.4) is 0 Å². The van der Waals surface area contributed by atoms with Gasteiger partial charge in [0.25, 0.3) is 0 Å². The summed E-state index contributed by atoms with van der Waals surface area (Å²) in [6.45, 7) is 6.99. The molecule has 24 heavy (non-hydrogen) atoms. The minimum atomic E-state index is 0.218. The molecule has 4 rings (SSSR count). The molecule has 6 nitrogen and oxygen atoms in total. The molecule has 0 radical (unpaired) electrons. The Balaban J connectivity index is 1.39. The summed E-state index contributed by atoms with van der Waals surface area (Å²) in [5, 5.41) is 3.95. The molecule has 0 unspecified atom stereocenters. The fourth-order valence-electron chi connectivity index (χ4n) is 3.56. The van der Waals surface area contributed by atoms with E-state index in [1.807, 2.05) is 25.3 Å². The Morgan fingerprint density at radius 3 is 2.96 bits per heavy atom. The molecule has 2 fully saturated rings. The van der Waals surface area contributed by atoms with Gasteiger partial charge in [-0.1, -0.05) is 5.16 Å². The number of nitrogens with zero attached hydrogens (tertiary/aromatic N) is 4. The highest BCUT2D eigenvalue weighted by Crippen LogP contribution is 2.30. The number of aryl methyl sites for hydroxylation is 1. The van der Waals surface area contributed by atoms with Crippen LogP contribution in [0.15, 0.2) is 29.1 Å². The zero-order chi connectivity index (χ0) is 16.4. The van der Waals surface area contributed by atoms with Gasteiger partial charge >= 0.3 is 0 Å². The van der Waals surface area contributed by atoms with Crippen molar-refractivity contribution < 1.29 is 9.26 Å². The lowest BCUT2D eigenvalue weighted by Crippen LogP contribution is -2.26. The van der Waals surface area contributed by atoms with Crippen LogP contribution in [0.5, 0.6) is 5.75 Å². The number of hydrogen-bond acceptors (Lipinski definition) is 6. The first kappa shape index (κ1) is 15.4. The fourth-order valence-corrected chi connectivity index (χ4v) is 3.56. The second-order valence-electron chi connectivity index (χ2n) is 6.71. The van der Waals surface area contributed by atoms with E-state index >= 15 is 0 Å². The van der Waals surface area contributed by atoms with Gasteiger partial charge in [-0.05, 0) is 38.3 Å². The van der Waals surface area contributed by atoms with E-state index in [4.69, 9.17) is 9.26 Å². The summed E-state index contributed by atoms with van der Waals surface area (Å²) >= 11 is 0. The Labute approximate surface area is 142 Å². The molecule has 0 saturated carbocycles. The number of anilines is 1. The van der Waals surface area contributed by atoms with E-state index in [0.29, 0.717) is 0 Å². The minimum absolute atomic E-state index is 0.218. The molecule has 4 heterocycles. The molecule has 2 aromatic rings. The van der Waals surface area contributed by atoms with Gasteiger partial charge in [0.05, 0.1) is 5.69 Å². The molecule has 0 aromatic carbocycles. The van der Waals surface area contributed by atoms with Crippen LogP contribution < -0.4 is 9.64 Å². The van der Waals surface area contributed by atoms with E-state index in [1.54, 1.807) is 6.26 Å². The third-order valence-electron chi connectivity index (χ3n) is 4.92. The van der Waals surface area contributed by atoms with Gasteiger partial charge in [-0.2, -0.15) is 0 Å². The SMILES string of the molecule is Cc1nocc1CN1CC[C@H](Oc2cccnc2N2CCCC2)C1. The Morgan fingerprint density at radius 1 is 1.29 bits per heavy atom.